The zero-order chi connectivity index (χ0) is 12.1. The Labute approximate surface area is 94.2 Å². The summed E-state index contributed by atoms with van der Waals surface area (Å²) in [5, 5.41) is 0. The fourth-order valence-corrected chi connectivity index (χ4v) is 1.36. The standard InChI is InChI=1S/C12H15FO3/c1-4-8-6-9(12(14)16-5-2)11(13)10(7-8)15-3/h6-7H,4-5H2,1-3H3. The Balaban J connectivity index is 3.20. The first-order valence-corrected chi connectivity index (χ1v) is 5.17. The van der Waals surface area contributed by atoms with Crippen LogP contribution in [0.1, 0.15) is 29.8 Å². The molecular formula is C12H15FO3. The lowest BCUT2D eigenvalue weighted by Crippen LogP contribution is -2.09. The van der Waals surface area contributed by atoms with Crippen LogP contribution in [-0.2, 0) is 11.2 Å². The Bertz CT molecular complexity index is 388. The van der Waals surface area contributed by atoms with E-state index < -0.39 is 11.8 Å². The van der Waals surface area contributed by atoms with E-state index in [1.54, 1.807) is 13.0 Å². The fraction of sp³-hybridized carbons (Fsp3) is 0.417. The van der Waals surface area contributed by atoms with Crippen LogP contribution in [0.3, 0.4) is 0 Å². The molecule has 0 fully saturated rings. The molecule has 0 aromatic heterocycles. The summed E-state index contributed by atoms with van der Waals surface area (Å²) in [5.74, 6) is -1.26. The van der Waals surface area contributed by atoms with E-state index in [0.29, 0.717) is 6.42 Å². The second-order valence-corrected chi connectivity index (χ2v) is 3.23. The number of benzene rings is 1. The van der Waals surface area contributed by atoms with Crippen LogP contribution in [0, 0.1) is 5.82 Å². The first kappa shape index (κ1) is 12.5. The number of esters is 1. The second-order valence-electron chi connectivity index (χ2n) is 3.23. The minimum absolute atomic E-state index is 0.0713. The Hall–Kier alpha value is -1.58. The van der Waals surface area contributed by atoms with Crippen molar-refractivity contribution in [3.05, 3.63) is 29.1 Å². The highest BCUT2D eigenvalue weighted by Gasteiger charge is 2.18. The molecule has 88 valence electrons. The number of carbonyl (C=O) groups is 1. The van der Waals surface area contributed by atoms with Gasteiger partial charge in [0.15, 0.2) is 11.6 Å². The second kappa shape index (κ2) is 5.49. The molecule has 0 unspecified atom stereocenters. The first-order valence-electron chi connectivity index (χ1n) is 5.17. The van der Waals surface area contributed by atoms with Gasteiger partial charge in [-0.1, -0.05) is 6.92 Å². The van der Waals surface area contributed by atoms with Gasteiger partial charge in [-0.2, -0.15) is 0 Å². The molecule has 1 aromatic carbocycles. The Kier molecular flexibility index (Phi) is 4.28. The number of carbonyl (C=O) groups excluding carboxylic acids is 1. The van der Waals surface area contributed by atoms with E-state index in [4.69, 9.17) is 9.47 Å². The summed E-state index contributed by atoms with van der Waals surface area (Å²) < 4.78 is 23.4. The summed E-state index contributed by atoms with van der Waals surface area (Å²) in [6.07, 6.45) is 0.697. The van der Waals surface area contributed by atoms with Crippen LogP contribution in [0.2, 0.25) is 0 Å². The van der Waals surface area contributed by atoms with E-state index >= 15 is 0 Å². The maximum atomic E-state index is 13.7. The van der Waals surface area contributed by atoms with Crippen molar-refractivity contribution in [2.75, 3.05) is 13.7 Å². The zero-order valence-electron chi connectivity index (χ0n) is 9.67. The van der Waals surface area contributed by atoms with Crippen LogP contribution in [0.15, 0.2) is 12.1 Å². The molecule has 0 aliphatic carbocycles. The zero-order valence-corrected chi connectivity index (χ0v) is 9.67. The number of halogens is 1. The summed E-state index contributed by atoms with van der Waals surface area (Å²) in [7, 11) is 1.37. The van der Waals surface area contributed by atoms with Crippen molar-refractivity contribution in [2.24, 2.45) is 0 Å². The summed E-state index contributed by atoms with van der Waals surface area (Å²) in [4.78, 5) is 11.5. The molecule has 4 heteroatoms. The van der Waals surface area contributed by atoms with Crippen LogP contribution >= 0.6 is 0 Å². The molecule has 0 N–H and O–H groups in total. The van der Waals surface area contributed by atoms with Gasteiger partial charge >= 0.3 is 5.97 Å². The minimum atomic E-state index is -0.668. The van der Waals surface area contributed by atoms with Crippen LogP contribution in [0.5, 0.6) is 5.75 Å². The molecule has 1 aromatic rings. The molecule has 3 nitrogen and oxygen atoms in total. The van der Waals surface area contributed by atoms with Crippen molar-refractivity contribution >= 4 is 5.97 Å². The summed E-state index contributed by atoms with van der Waals surface area (Å²) in [6.45, 7) is 3.81. The monoisotopic (exact) mass is 226 g/mol. The average Bonchev–Trinajstić information content (AvgIpc) is 2.29. The van der Waals surface area contributed by atoms with E-state index in [0.717, 1.165) is 5.56 Å². The Morgan fingerprint density at radius 3 is 2.56 bits per heavy atom. The van der Waals surface area contributed by atoms with Crippen molar-refractivity contribution in [3.8, 4) is 5.75 Å². The van der Waals surface area contributed by atoms with Gasteiger partial charge in [-0.05, 0) is 31.0 Å². The van der Waals surface area contributed by atoms with Gasteiger partial charge in [-0.3, -0.25) is 0 Å². The molecule has 16 heavy (non-hydrogen) atoms. The highest BCUT2D eigenvalue weighted by Crippen LogP contribution is 2.23. The van der Waals surface area contributed by atoms with E-state index in [1.807, 2.05) is 6.92 Å². The van der Waals surface area contributed by atoms with Crippen molar-refractivity contribution in [3.63, 3.8) is 0 Å². The quantitative estimate of drug-likeness (QED) is 0.740. The third-order valence-corrected chi connectivity index (χ3v) is 2.22. The molecular weight excluding hydrogens is 211 g/mol. The molecule has 1 rings (SSSR count). The molecule has 0 spiro atoms. The molecule has 0 aliphatic heterocycles. The van der Waals surface area contributed by atoms with Gasteiger partial charge in [0.25, 0.3) is 0 Å². The van der Waals surface area contributed by atoms with E-state index in [1.165, 1.54) is 13.2 Å². The van der Waals surface area contributed by atoms with Gasteiger partial charge in [0.2, 0.25) is 0 Å². The van der Waals surface area contributed by atoms with Gasteiger partial charge in [0.1, 0.15) is 0 Å². The van der Waals surface area contributed by atoms with Crippen LogP contribution in [0.4, 0.5) is 4.39 Å². The fourth-order valence-electron chi connectivity index (χ4n) is 1.36. The molecule has 0 aliphatic rings. The number of hydrogen-bond donors (Lipinski definition) is 0. The number of rotatable bonds is 4. The van der Waals surface area contributed by atoms with Crippen LogP contribution < -0.4 is 4.74 Å². The smallest absolute Gasteiger partial charge is 0.341 e. The molecule has 0 saturated heterocycles. The first-order chi connectivity index (χ1) is 7.63. The largest absolute Gasteiger partial charge is 0.494 e. The van der Waals surface area contributed by atoms with Crippen LogP contribution in [-0.4, -0.2) is 19.7 Å². The number of ether oxygens (including phenoxy) is 2. The van der Waals surface area contributed by atoms with E-state index in [9.17, 15) is 9.18 Å². The third kappa shape index (κ3) is 2.51. The van der Waals surface area contributed by atoms with E-state index in [-0.39, 0.29) is 17.9 Å². The lowest BCUT2D eigenvalue weighted by molar-refractivity contribution is 0.0520. The summed E-state index contributed by atoms with van der Waals surface area (Å²) in [5.41, 5.74) is 0.763. The molecule has 0 bridgehead atoms. The SMILES string of the molecule is CCOC(=O)c1cc(CC)cc(OC)c1F. The van der Waals surface area contributed by atoms with Gasteiger partial charge in [-0.25, -0.2) is 9.18 Å². The average molecular weight is 226 g/mol. The van der Waals surface area contributed by atoms with Gasteiger partial charge in [0, 0.05) is 0 Å². The number of aryl methyl sites for hydroxylation is 1. The Morgan fingerprint density at radius 2 is 2.06 bits per heavy atom. The normalized spacial score (nSPS) is 10.0. The van der Waals surface area contributed by atoms with E-state index in [2.05, 4.69) is 0 Å². The van der Waals surface area contributed by atoms with Gasteiger partial charge in [-0.15, -0.1) is 0 Å². The van der Waals surface area contributed by atoms with Crippen molar-refractivity contribution in [1.82, 2.24) is 0 Å². The van der Waals surface area contributed by atoms with Crippen molar-refractivity contribution in [1.29, 1.82) is 0 Å². The molecule has 0 saturated carbocycles. The highest BCUT2D eigenvalue weighted by atomic mass is 19.1. The van der Waals surface area contributed by atoms with Gasteiger partial charge < -0.3 is 9.47 Å². The topological polar surface area (TPSA) is 35.5 Å². The maximum absolute atomic E-state index is 13.7. The van der Waals surface area contributed by atoms with Crippen molar-refractivity contribution < 1.29 is 18.7 Å². The number of methoxy groups -OCH3 is 1. The van der Waals surface area contributed by atoms with Crippen LogP contribution in [0.25, 0.3) is 0 Å². The number of hydrogen-bond acceptors (Lipinski definition) is 3. The molecule has 0 atom stereocenters. The summed E-state index contributed by atoms with van der Waals surface area (Å²) in [6, 6.07) is 3.08. The lowest BCUT2D eigenvalue weighted by Gasteiger charge is -2.09. The third-order valence-electron chi connectivity index (χ3n) is 2.22. The van der Waals surface area contributed by atoms with Gasteiger partial charge in [0.05, 0.1) is 19.3 Å². The predicted molar refractivity (Wildman–Crippen MR) is 58.3 cm³/mol. The lowest BCUT2D eigenvalue weighted by atomic mass is 10.1. The van der Waals surface area contributed by atoms with Crippen molar-refractivity contribution in [2.45, 2.75) is 20.3 Å². The maximum Gasteiger partial charge on any atom is 0.341 e. The molecule has 0 radical (unpaired) electrons. The summed E-state index contributed by atoms with van der Waals surface area (Å²) >= 11 is 0. The molecule has 0 heterocycles. The highest BCUT2D eigenvalue weighted by molar-refractivity contribution is 5.90. The minimum Gasteiger partial charge on any atom is -0.494 e. The molecule has 0 amide bonds. The predicted octanol–water partition coefficient (Wildman–Crippen LogP) is 2.57. The Morgan fingerprint density at radius 1 is 1.38 bits per heavy atom.